The Balaban J connectivity index is 1.55. The average molecular weight is 485 g/mol. The van der Waals surface area contributed by atoms with E-state index in [2.05, 4.69) is 59.4 Å². The van der Waals surface area contributed by atoms with E-state index in [-0.39, 0.29) is 12.1 Å². The summed E-state index contributed by atoms with van der Waals surface area (Å²) in [6, 6.07) is 0. The predicted octanol–water partition coefficient (Wildman–Crippen LogP) is 6.64. The quantitative estimate of drug-likeness (QED) is 0.310. The molecule has 4 aliphatic carbocycles. The summed E-state index contributed by atoms with van der Waals surface area (Å²) < 4.78 is 11.6. The number of rotatable bonds is 8. The molecule has 1 N–H and O–H groups in total. The lowest BCUT2D eigenvalue weighted by molar-refractivity contribution is -0.145. The highest BCUT2D eigenvalue weighted by Gasteiger charge is 2.77. The van der Waals surface area contributed by atoms with Gasteiger partial charge in [-0.25, -0.2) is 0 Å². The number of allylic oxidation sites excluding steroid dienone is 3. The van der Waals surface area contributed by atoms with Gasteiger partial charge < -0.3 is 14.6 Å². The van der Waals surface area contributed by atoms with Gasteiger partial charge in [-0.05, 0) is 79.1 Å². The molecule has 4 heteroatoms. The Kier molecular flexibility index (Phi) is 7.23. The smallest absolute Gasteiger partial charge is 0.303 e. The molecule has 0 aromatic carbocycles. The van der Waals surface area contributed by atoms with Gasteiger partial charge in [-0.15, -0.1) is 0 Å². The molecule has 0 aromatic heterocycles. The van der Waals surface area contributed by atoms with Crippen LogP contribution in [0.1, 0.15) is 86.5 Å². The van der Waals surface area contributed by atoms with E-state index in [1.54, 1.807) is 7.11 Å². The van der Waals surface area contributed by atoms with Crippen LogP contribution in [0.2, 0.25) is 0 Å². The molecule has 1 unspecified atom stereocenters. The van der Waals surface area contributed by atoms with Crippen molar-refractivity contribution < 1.29 is 19.4 Å². The summed E-state index contributed by atoms with van der Waals surface area (Å²) in [7, 11) is 1.74. The second kappa shape index (κ2) is 9.49. The van der Waals surface area contributed by atoms with Gasteiger partial charge in [-0.2, -0.15) is 0 Å². The number of fused-ring (bicyclic) bond motifs is 2. The topological polar surface area (TPSA) is 55.8 Å². The van der Waals surface area contributed by atoms with Crippen molar-refractivity contribution in [1.29, 1.82) is 0 Å². The monoisotopic (exact) mass is 484 g/mol. The van der Waals surface area contributed by atoms with Crippen LogP contribution in [0, 0.1) is 40.4 Å². The third-order valence-corrected chi connectivity index (χ3v) is 10.6. The fourth-order valence-electron chi connectivity index (χ4n) is 8.12. The molecule has 4 rings (SSSR count). The Morgan fingerprint density at radius 1 is 1.20 bits per heavy atom. The van der Waals surface area contributed by atoms with Gasteiger partial charge in [0.2, 0.25) is 0 Å². The average Bonchev–Trinajstić information content (AvgIpc) is 3.13. The Morgan fingerprint density at radius 2 is 1.91 bits per heavy atom. The largest absolute Gasteiger partial charge is 0.458 e. The van der Waals surface area contributed by atoms with E-state index >= 15 is 0 Å². The van der Waals surface area contributed by atoms with Crippen LogP contribution in [0.3, 0.4) is 0 Å². The van der Waals surface area contributed by atoms with E-state index in [4.69, 9.17) is 9.47 Å². The summed E-state index contributed by atoms with van der Waals surface area (Å²) in [6.07, 6.45) is 13.8. The maximum atomic E-state index is 11.6. The molecule has 0 saturated heterocycles. The number of carbonyl (C=O) groups excluding carboxylic acids is 1. The first-order valence-electron chi connectivity index (χ1n) is 13.9. The van der Waals surface area contributed by atoms with Gasteiger partial charge in [-0.3, -0.25) is 4.79 Å². The molecule has 4 fully saturated rings. The number of hydrogen-bond donors (Lipinski definition) is 1. The fourth-order valence-corrected chi connectivity index (χ4v) is 8.12. The van der Waals surface area contributed by atoms with Gasteiger partial charge in [0.1, 0.15) is 6.10 Å². The Hall–Kier alpha value is -1.39. The number of ether oxygens (including phenoxy) is 2. The molecule has 4 saturated carbocycles. The first kappa shape index (κ1) is 26.7. The van der Waals surface area contributed by atoms with Crippen LogP contribution in [0.4, 0.5) is 0 Å². The molecule has 0 aromatic rings. The lowest BCUT2D eigenvalue weighted by atomic mass is 9.61. The van der Waals surface area contributed by atoms with Crippen molar-refractivity contribution in [2.24, 2.45) is 40.4 Å². The molecule has 35 heavy (non-hydrogen) atoms. The molecule has 0 heterocycles. The summed E-state index contributed by atoms with van der Waals surface area (Å²) in [4.78, 5) is 11.6. The number of carbonyl (C=O) groups is 1. The highest BCUT2D eigenvalue weighted by molar-refractivity contribution is 5.67. The van der Waals surface area contributed by atoms with Crippen LogP contribution in [0.25, 0.3) is 0 Å². The molecular weight excluding hydrogens is 436 g/mol. The van der Waals surface area contributed by atoms with Gasteiger partial charge in [0.25, 0.3) is 0 Å². The van der Waals surface area contributed by atoms with Crippen LogP contribution < -0.4 is 0 Å². The summed E-state index contributed by atoms with van der Waals surface area (Å²) >= 11 is 0. The second-order valence-corrected chi connectivity index (χ2v) is 12.8. The fraction of sp³-hybridized carbons (Fsp3) is 0.774. The molecule has 0 amide bonds. The minimum Gasteiger partial charge on any atom is -0.458 e. The van der Waals surface area contributed by atoms with Gasteiger partial charge in [0.15, 0.2) is 0 Å². The van der Waals surface area contributed by atoms with Crippen molar-refractivity contribution in [3.63, 3.8) is 0 Å². The zero-order valence-corrected chi connectivity index (χ0v) is 23.1. The molecule has 9 atom stereocenters. The second-order valence-electron chi connectivity index (χ2n) is 12.8. The maximum absolute atomic E-state index is 11.6. The van der Waals surface area contributed by atoms with Crippen molar-refractivity contribution in [1.82, 2.24) is 0 Å². The summed E-state index contributed by atoms with van der Waals surface area (Å²) in [5.41, 5.74) is 1.21. The molecule has 4 aliphatic rings. The SMILES string of the molecule is C=C1[C@@H](OC(C)=O)C[C@@]2(O)CC12[C@@H](/C=C1\CCC[C@]2(C)[C@@H]([C@H](C)/C=C/[C@H](C)C(C)C)CC[C@@H]12)OC. The van der Waals surface area contributed by atoms with Crippen LogP contribution in [-0.2, 0) is 14.3 Å². The van der Waals surface area contributed by atoms with Crippen molar-refractivity contribution in [2.45, 2.75) is 104 Å². The van der Waals surface area contributed by atoms with Crippen LogP contribution in [0.5, 0.6) is 0 Å². The van der Waals surface area contributed by atoms with E-state index < -0.39 is 17.1 Å². The van der Waals surface area contributed by atoms with E-state index in [1.165, 1.54) is 38.2 Å². The Bertz CT molecular complexity index is 902. The van der Waals surface area contributed by atoms with Crippen molar-refractivity contribution in [2.75, 3.05) is 7.11 Å². The number of aliphatic hydroxyl groups is 1. The third-order valence-electron chi connectivity index (χ3n) is 10.6. The van der Waals surface area contributed by atoms with E-state index in [1.807, 2.05) is 0 Å². The molecule has 196 valence electrons. The molecular formula is C31H48O4. The normalized spacial score (nSPS) is 42.3. The lowest BCUT2D eigenvalue weighted by Gasteiger charge is -2.44. The molecule has 4 nitrogen and oxygen atoms in total. The van der Waals surface area contributed by atoms with Gasteiger partial charge in [0.05, 0.1) is 17.1 Å². The van der Waals surface area contributed by atoms with Crippen molar-refractivity contribution in [3.8, 4) is 0 Å². The highest BCUT2D eigenvalue weighted by Crippen LogP contribution is 2.72. The molecule has 0 bridgehead atoms. The van der Waals surface area contributed by atoms with Crippen LogP contribution in [-0.4, -0.2) is 36.0 Å². The van der Waals surface area contributed by atoms with Crippen molar-refractivity contribution in [3.05, 3.63) is 36.0 Å². The van der Waals surface area contributed by atoms with E-state index in [0.717, 1.165) is 12.0 Å². The van der Waals surface area contributed by atoms with Gasteiger partial charge >= 0.3 is 5.97 Å². The molecule has 0 radical (unpaired) electrons. The van der Waals surface area contributed by atoms with Gasteiger partial charge in [-0.1, -0.05) is 65.0 Å². The summed E-state index contributed by atoms with van der Waals surface area (Å²) in [5.74, 6) is 2.80. The Labute approximate surface area is 213 Å². The predicted molar refractivity (Wildman–Crippen MR) is 141 cm³/mol. The summed E-state index contributed by atoms with van der Waals surface area (Å²) in [6.45, 7) is 17.6. The van der Waals surface area contributed by atoms with Crippen LogP contribution in [0.15, 0.2) is 36.0 Å². The first-order chi connectivity index (χ1) is 16.4. The highest BCUT2D eigenvalue weighted by atomic mass is 16.5. The molecule has 0 aliphatic heterocycles. The minimum absolute atomic E-state index is 0.235. The third kappa shape index (κ3) is 4.37. The molecule has 0 spiro atoms. The Morgan fingerprint density at radius 3 is 2.54 bits per heavy atom. The summed E-state index contributed by atoms with van der Waals surface area (Å²) in [5, 5.41) is 11.3. The zero-order chi connectivity index (χ0) is 25.8. The van der Waals surface area contributed by atoms with E-state index in [0.29, 0.717) is 47.8 Å². The lowest BCUT2D eigenvalue weighted by Crippen LogP contribution is -2.37. The zero-order valence-electron chi connectivity index (χ0n) is 23.1. The van der Waals surface area contributed by atoms with E-state index in [9.17, 15) is 9.90 Å². The van der Waals surface area contributed by atoms with Crippen LogP contribution >= 0.6 is 0 Å². The number of hydrogen-bond acceptors (Lipinski definition) is 4. The van der Waals surface area contributed by atoms with Crippen molar-refractivity contribution >= 4 is 5.97 Å². The standard InChI is InChI=1S/C31H48O4/c1-19(2)20(3)11-12-21(4)25-13-14-26-24(10-9-15-29(25,26)7)16-28(34-8)31-18-30(31,33)17-27(22(31)5)35-23(6)32/h11-12,16,19-21,25-28,33H,5,9-10,13-15,17-18H2,1-4,6-8H3/b12-11+,24-16+/t20-,21+,25+,26-,27-,28+,29+,30+,31?/m0/s1. The number of methoxy groups -OCH3 is 1. The minimum atomic E-state index is -0.884. The first-order valence-corrected chi connectivity index (χ1v) is 13.9. The maximum Gasteiger partial charge on any atom is 0.303 e. The van der Waals surface area contributed by atoms with Gasteiger partial charge in [0, 0.05) is 20.5 Å². The number of esters is 1.